The molecule has 0 aliphatic heterocycles. The van der Waals surface area contributed by atoms with Gasteiger partial charge in [0, 0.05) is 38.9 Å². The molecule has 1 aromatic carbocycles. The fraction of sp³-hybridized carbons (Fsp3) is 0.435. The summed E-state index contributed by atoms with van der Waals surface area (Å²) in [6.45, 7) is 5.70. The van der Waals surface area contributed by atoms with Crippen LogP contribution < -0.4 is 15.4 Å². The van der Waals surface area contributed by atoms with Crippen LogP contribution in [0.5, 0.6) is 5.75 Å². The van der Waals surface area contributed by atoms with Crippen LogP contribution in [0.25, 0.3) is 5.65 Å². The third kappa shape index (κ3) is 8.27. The number of hydrogen-bond acceptors (Lipinski definition) is 5. The molecular weight excluding hydrogens is 519 g/mol. The van der Waals surface area contributed by atoms with E-state index in [1.165, 1.54) is 0 Å². The Bertz CT molecular complexity index is 945. The van der Waals surface area contributed by atoms with Gasteiger partial charge in [-0.25, -0.2) is 4.99 Å². The lowest BCUT2D eigenvalue weighted by Gasteiger charge is -2.13. The SMILES string of the molecule is CCOCCCNC(=NCc1ccc(OC)cc1)NCCCc1nnc2ccccn12.I. The fourth-order valence-corrected chi connectivity index (χ4v) is 3.12. The van der Waals surface area contributed by atoms with E-state index in [2.05, 4.69) is 20.8 Å². The summed E-state index contributed by atoms with van der Waals surface area (Å²) in [5, 5.41) is 15.3. The Balaban J connectivity index is 0.00000363. The number of methoxy groups -OCH3 is 1. The lowest BCUT2D eigenvalue weighted by Crippen LogP contribution is -2.38. The van der Waals surface area contributed by atoms with Gasteiger partial charge >= 0.3 is 0 Å². The Hall–Kier alpha value is -2.40. The summed E-state index contributed by atoms with van der Waals surface area (Å²) in [6.07, 6.45) is 4.70. The second-order valence-corrected chi connectivity index (χ2v) is 7.07. The standard InChI is InChI=1S/C23H32N6O2.HI/c1-3-31-17-7-15-25-23(26-18-19-10-12-20(30-2)13-11-19)24-14-6-9-22-28-27-21-8-4-5-16-29(21)22;/h4-5,8,10-13,16H,3,6-7,9,14-15,17-18H2,1-2H3,(H2,24,25,26);1H. The molecule has 0 atom stereocenters. The number of halogens is 1. The van der Waals surface area contributed by atoms with E-state index in [4.69, 9.17) is 14.5 Å². The van der Waals surface area contributed by atoms with E-state index in [1.54, 1.807) is 7.11 Å². The topological polar surface area (TPSA) is 85.1 Å². The quantitative estimate of drug-likeness (QED) is 0.155. The third-order valence-corrected chi connectivity index (χ3v) is 4.79. The highest BCUT2D eigenvalue weighted by Gasteiger charge is 2.05. The molecule has 0 aliphatic rings. The van der Waals surface area contributed by atoms with Crippen LogP contribution in [-0.4, -0.2) is 54.0 Å². The van der Waals surface area contributed by atoms with Crippen LogP contribution in [0.2, 0.25) is 0 Å². The van der Waals surface area contributed by atoms with Gasteiger partial charge in [0.15, 0.2) is 11.6 Å². The predicted molar refractivity (Wildman–Crippen MR) is 138 cm³/mol. The summed E-state index contributed by atoms with van der Waals surface area (Å²) >= 11 is 0. The van der Waals surface area contributed by atoms with Crippen molar-refractivity contribution in [3.63, 3.8) is 0 Å². The number of fused-ring (bicyclic) bond motifs is 1. The summed E-state index contributed by atoms with van der Waals surface area (Å²) < 4.78 is 12.7. The maximum atomic E-state index is 5.41. The van der Waals surface area contributed by atoms with E-state index in [0.717, 1.165) is 74.3 Å². The van der Waals surface area contributed by atoms with Gasteiger partial charge in [0.05, 0.1) is 13.7 Å². The van der Waals surface area contributed by atoms with E-state index in [9.17, 15) is 0 Å². The maximum absolute atomic E-state index is 5.41. The number of ether oxygens (including phenoxy) is 2. The van der Waals surface area contributed by atoms with E-state index in [0.29, 0.717) is 6.54 Å². The first-order chi connectivity index (χ1) is 15.3. The first-order valence-corrected chi connectivity index (χ1v) is 10.8. The van der Waals surface area contributed by atoms with Crippen LogP contribution >= 0.6 is 24.0 Å². The molecule has 0 aliphatic carbocycles. The first kappa shape index (κ1) is 25.9. The highest BCUT2D eigenvalue weighted by Crippen LogP contribution is 2.11. The molecule has 0 saturated heterocycles. The minimum absolute atomic E-state index is 0. The van der Waals surface area contributed by atoms with Crippen molar-refractivity contribution in [2.75, 3.05) is 33.4 Å². The Morgan fingerprint density at radius 2 is 1.81 bits per heavy atom. The molecule has 9 heteroatoms. The van der Waals surface area contributed by atoms with Crippen LogP contribution in [0.3, 0.4) is 0 Å². The molecule has 3 aromatic rings. The van der Waals surface area contributed by atoms with Gasteiger partial charge in [0.1, 0.15) is 11.6 Å². The number of benzene rings is 1. The van der Waals surface area contributed by atoms with Crippen molar-refractivity contribution in [2.24, 2.45) is 4.99 Å². The Morgan fingerprint density at radius 1 is 1.03 bits per heavy atom. The summed E-state index contributed by atoms with van der Waals surface area (Å²) in [5.74, 6) is 2.62. The van der Waals surface area contributed by atoms with Crippen LogP contribution in [-0.2, 0) is 17.7 Å². The minimum atomic E-state index is 0. The molecule has 0 saturated carbocycles. The summed E-state index contributed by atoms with van der Waals surface area (Å²) in [6, 6.07) is 13.9. The molecule has 0 radical (unpaired) electrons. The molecule has 0 spiro atoms. The largest absolute Gasteiger partial charge is 0.497 e. The Labute approximate surface area is 206 Å². The van der Waals surface area contributed by atoms with E-state index in [-0.39, 0.29) is 24.0 Å². The number of nitrogens with zero attached hydrogens (tertiary/aromatic N) is 4. The van der Waals surface area contributed by atoms with Crippen molar-refractivity contribution in [3.05, 3.63) is 60.0 Å². The normalized spacial score (nSPS) is 11.2. The number of aryl methyl sites for hydroxylation is 1. The zero-order valence-electron chi connectivity index (χ0n) is 18.8. The number of pyridine rings is 1. The first-order valence-electron chi connectivity index (χ1n) is 10.8. The number of aromatic nitrogens is 3. The summed E-state index contributed by atoms with van der Waals surface area (Å²) in [4.78, 5) is 4.73. The van der Waals surface area contributed by atoms with E-state index in [1.807, 2.05) is 60.0 Å². The van der Waals surface area contributed by atoms with Crippen molar-refractivity contribution < 1.29 is 9.47 Å². The molecule has 2 aromatic heterocycles. The molecule has 0 fully saturated rings. The van der Waals surface area contributed by atoms with Gasteiger partial charge in [-0.15, -0.1) is 34.2 Å². The number of nitrogens with one attached hydrogen (secondary N) is 2. The van der Waals surface area contributed by atoms with Crippen molar-refractivity contribution in [2.45, 2.75) is 32.7 Å². The van der Waals surface area contributed by atoms with Crippen LogP contribution in [0.1, 0.15) is 31.2 Å². The zero-order valence-corrected chi connectivity index (χ0v) is 21.1. The smallest absolute Gasteiger partial charge is 0.191 e. The highest BCUT2D eigenvalue weighted by molar-refractivity contribution is 14.0. The maximum Gasteiger partial charge on any atom is 0.191 e. The van der Waals surface area contributed by atoms with Gasteiger partial charge in [-0.05, 0) is 49.6 Å². The molecule has 2 heterocycles. The fourth-order valence-electron chi connectivity index (χ4n) is 3.12. The number of hydrogen-bond donors (Lipinski definition) is 2. The predicted octanol–water partition coefficient (Wildman–Crippen LogP) is 3.45. The number of guanidine groups is 1. The van der Waals surface area contributed by atoms with Crippen molar-refractivity contribution >= 4 is 35.6 Å². The Morgan fingerprint density at radius 3 is 2.56 bits per heavy atom. The molecule has 8 nitrogen and oxygen atoms in total. The van der Waals surface area contributed by atoms with Crippen LogP contribution in [0.15, 0.2) is 53.7 Å². The van der Waals surface area contributed by atoms with Gasteiger partial charge in [-0.2, -0.15) is 0 Å². The molecular formula is C23H33IN6O2. The van der Waals surface area contributed by atoms with Gasteiger partial charge in [0.2, 0.25) is 0 Å². The molecule has 174 valence electrons. The van der Waals surface area contributed by atoms with Crippen LogP contribution in [0, 0.1) is 0 Å². The average Bonchev–Trinajstić information content (AvgIpc) is 3.23. The van der Waals surface area contributed by atoms with Gasteiger partial charge in [-0.3, -0.25) is 4.40 Å². The van der Waals surface area contributed by atoms with E-state index < -0.39 is 0 Å². The molecule has 0 amide bonds. The lowest BCUT2D eigenvalue weighted by atomic mass is 10.2. The molecule has 0 bridgehead atoms. The summed E-state index contributed by atoms with van der Waals surface area (Å²) in [5.41, 5.74) is 2.01. The van der Waals surface area contributed by atoms with Gasteiger partial charge in [0.25, 0.3) is 0 Å². The Kier molecular flexibility index (Phi) is 11.8. The summed E-state index contributed by atoms with van der Waals surface area (Å²) in [7, 11) is 1.67. The third-order valence-electron chi connectivity index (χ3n) is 4.79. The van der Waals surface area contributed by atoms with Crippen LogP contribution in [0.4, 0.5) is 0 Å². The highest BCUT2D eigenvalue weighted by atomic mass is 127. The number of aliphatic imine (C=N–C) groups is 1. The average molecular weight is 552 g/mol. The molecule has 32 heavy (non-hydrogen) atoms. The minimum Gasteiger partial charge on any atom is -0.497 e. The number of rotatable bonds is 12. The van der Waals surface area contributed by atoms with Crippen molar-refractivity contribution in [1.29, 1.82) is 0 Å². The molecule has 3 rings (SSSR count). The van der Waals surface area contributed by atoms with E-state index >= 15 is 0 Å². The second-order valence-electron chi connectivity index (χ2n) is 7.07. The van der Waals surface area contributed by atoms with Crippen molar-refractivity contribution in [3.8, 4) is 5.75 Å². The monoisotopic (exact) mass is 552 g/mol. The zero-order chi connectivity index (χ0) is 21.7. The second kappa shape index (κ2) is 14.6. The van der Waals surface area contributed by atoms with Gasteiger partial charge in [-0.1, -0.05) is 18.2 Å². The lowest BCUT2D eigenvalue weighted by molar-refractivity contribution is 0.145. The molecule has 2 N–H and O–H groups in total. The van der Waals surface area contributed by atoms with Gasteiger partial charge < -0.3 is 20.1 Å². The molecule has 0 unspecified atom stereocenters. The van der Waals surface area contributed by atoms with Crippen molar-refractivity contribution in [1.82, 2.24) is 25.2 Å².